The average Bonchev–Trinajstić information content (AvgIpc) is 1.98. The highest BCUT2D eigenvalue weighted by Crippen LogP contribution is 1.92. The highest BCUT2D eigenvalue weighted by Gasteiger charge is 1.86. The topological polar surface area (TPSA) is 18.5 Å². The van der Waals surface area contributed by atoms with Crippen molar-refractivity contribution in [2.24, 2.45) is 0 Å². The molecule has 0 radical (unpaired) electrons. The van der Waals surface area contributed by atoms with E-state index in [0.29, 0.717) is 13.2 Å². The summed E-state index contributed by atoms with van der Waals surface area (Å²) in [5, 5.41) is 0. The predicted molar refractivity (Wildman–Crippen MR) is 41.9 cm³/mol. The van der Waals surface area contributed by atoms with Crippen molar-refractivity contribution in [1.29, 1.82) is 0 Å². The molecule has 0 aliphatic heterocycles. The van der Waals surface area contributed by atoms with Crippen molar-refractivity contribution in [2.45, 2.75) is 20.8 Å². The molecule has 0 unspecified atom stereocenters. The monoisotopic (exact) mass is 144 g/mol. The van der Waals surface area contributed by atoms with Crippen LogP contribution in [0.5, 0.6) is 0 Å². The summed E-state index contributed by atoms with van der Waals surface area (Å²) in [6.45, 7) is 7.97. The van der Waals surface area contributed by atoms with Crippen LogP contribution in [0.25, 0.3) is 0 Å². The molecule has 2 heteroatoms. The van der Waals surface area contributed by atoms with Crippen molar-refractivity contribution in [2.75, 3.05) is 19.8 Å². The Morgan fingerprint density at radius 1 is 1.40 bits per heavy atom. The molecule has 0 bridgehead atoms. The van der Waals surface area contributed by atoms with Gasteiger partial charge in [0.05, 0.1) is 12.4 Å². The van der Waals surface area contributed by atoms with Crippen molar-refractivity contribution in [3.8, 4) is 0 Å². The van der Waals surface area contributed by atoms with Crippen LogP contribution in [0, 0.1) is 0 Å². The number of allylic oxidation sites excluding steroid dienone is 2. The van der Waals surface area contributed by atoms with E-state index in [1.807, 2.05) is 26.8 Å². The lowest BCUT2D eigenvalue weighted by atomic mass is 10.5. The van der Waals surface area contributed by atoms with Gasteiger partial charge in [0, 0.05) is 6.61 Å². The van der Waals surface area contributed by atoms with Crippen molar-refractivity contribution in [1.82, 2.24) is 0 Å². The van der Waals surface area contributed by atoms with Gasteiger partial charge in [0.2, 0.25) is 0 Å². The lowest BCUT2D eigenvalue weighted by Gasteiger charge is -2.04. The molecule has 0 aliphatic rings. The van der Waals surface area contributed by atoms with E-state index in [4.69, 9.17) is 9.47 Å². The zero-order valence-corrected chi connectivity index (χ0v) is 7.02. The fourth-order valence-electron chi connectivity index (χ4n) is 0.489. The first-order valence-corrected chi connectivity index (χ1v) is 3.64. The molecule has 0 saturated carbocycles. The lowest BCUT2D eigenvalue weighted by Crippen LogP contribution is -2.02. The third kappa shape index (κ3) is 5.63. The second kappa shape index (κ2) is 6.62. The smallest absolute Gasteiger partial charge is 0.111 e. The molecular formula is C8H16O2. The van der Waals surface area contributed by atoms with Gasteiger partial charge in [-0.25, -0.2) is 0 Å². The summed E-state index contributed by atoms with van der Waals surface area (Å²) in [6, 6.07) is 0. The van der Waals surface area contributed by atoms with Crippen LogP contribution in [-0.2, 0) is 9.47 Å². The third-order valence-corrected chi connectivity index (χ3v) is 1.17. The average molecular weight is 144 g/mol. The fraction of sp³-hybridized carbons (Fsp3) is 0.750. The fourth-order valence-corrected chi connectivity index (χ4v) is 0.489. The molecule has 0 aromatic heterocycles. The molecule has 0 N–H and O–H groups in total. The van der Waals surface area contributed by atoms with Gasteiger partial charge in [0.15, 0.2) is 0 Å². The van der Waals surface area contributed by atoms with Crippen LogP contribution in [0.1, 0.15) is 20.8 Å². The third-order valence-electron chi connectivity index (χ3n) is 1.17. The maximum absolute atomic E-state index is 5.23. The highest BCUT2D eigenvalue weighted by molar-refractivity contribution is 4.83. The van der Waals surface area contributed by atoms with E-state index in [9.17, 15) is 0 Å². The predicted octanol–water partition coefficient (Wildman–Crippen LogP) is 1.96. The second-order valence-corrected chi connectivity index (χ2v) is 1.94. The summed E-state index contributed by atoms with van der Waals surface area (Å²) in [5.74, 6) is 0.958. The van der Waals surface area contributed by atoms with Crippen molar-refractivity contribution in [3.05, 3.63) is 11.8 Å². The van der Waals surface area contributed by atoms with E-state index in [0.717, 1.165) is 12.4 Å². The van der Waals surface area contributed by atoms with Gasteiger partial charge < -0.3 is 9.47 Å². The Morgan fingerprint density at radius 2 is 2.10 bits per heavy atom. The van der Waals surface area contributed by atoms with Gasteiger partial charge >= 0.3 is 0 Å². The van der Waals surface area contributed by atoms with Crippen LogP contribution < -0.4 is 0 Å². The van der Waals surface area contributed by atoms with Gasteiger partial charge in [-0.05, 0) is 20.8 Å². The van der Waals surface area contributed by atoms with E-state index < -0.39 is 0 Å². The standard InChI is InChI=1S/C8H16O2/c1-4-8(3)10-7-6-9-5-2/h4H,5-7H2,1-3H3. The Kier molecular flexibility index (Phi) is 6.29. The first-order valence-electron chi connectivity index (χ1n) is 3.64. The molecule has 0 aromatic rings. The molecule has 0 aromatic carbocycles. The molecule has 0 heterocycles. The molecule has 2 nitrogen and oxygen atoms in total. The van der Waals surface area contributed by atoms with Crippen molar-refractivity contribution < 1.29 is 9.47 Å². The Morgan fingerprint density at radius 3 is 2.60 bits per heavy atom. The maximum Gasteiger partial charge on any atom is 0.111 e. The SMILES string of the molecule is CC=C(C)OCCOCC. The summed E-state index contributed by atoms with van der Waals surface area (Å²) in [7, 11) is 0. The largest absolute Gasteiger partial charge is 0.496 e. The Bertz CT molecular complexity index is 97.4. The molecule has 60 valence electrons. The van der Waals surface area contributed by atoms with Gasteiger partial charge in [0.1, 0.15) is 6.61 Å². The summed E-state index contributed by atoms with van der Waals surface area (Å²) < 4.78 is 10.3. The first kappa shape index (κ1) is 9.50. The van der Waals surface area contributed by atoms with E-state index in [2.05, 4.69) is 0 Å². The summed E-state index contributed by atoms with van der Waals surface area (Å²) in [4.78, 5) is 0. The molecule has 0 aliphatic carbocycles. The van der Waals surface area contributed by atoms with E-state index >= 15 is 0 Å². The van der Waals surface area contributed by atoms with Gasteiger partial charge in [0.25, 0.3) is 0 Å². The number of ether oxygens (including phenoxy) is 2. The highest BCUT2D eigenvalue weighted by atomic mass is 16.5. The van der Waals surface area contributed by atoms with E-state index in [-0.39, 0.29) is 0 Å². The molecule has 0 rings (SSSR count). The Balaban J connectivity index is 3.04. The number of rotatable bonds is 5. The number of hydrogen-bond donors (Lipinski definition) is 0. The zero-order valence-electron chi connectivity index (χ0n) is 7.02. The minimum Gasteiger partial charge on any atom is -0.496 e. The number of hydrogen-bond acceptors (Lipinski definition) is 2. The van der Waals surface area contributed by atoms with Crippen molar-refractivity contribution >= 4 is 0 Å². The van der Waals surface area contributed by atoms with Crippen LogP contribution in [0.3, 0.4) is 0 Å². The molecule has 0 atom stereocenters. The molecule has 0 saturated heterocycles. The van der Waals surface area contributed by atoms with Crippen LogP contribution >= 0.6 is 0 Å². The minimum absolute atomic E-state index is 0.657. The molecule has 0 fully saturated rings. The summed E-state index contributed by atoms with van der Waals surface area (Å²) in [5.41, 5.74) is 0. The summed E-state index contributed by atoms with van der Waals surface area (Å²) in [6.07, 6.45) is 1.94. The van der Waals surface area contributed by atoms with Crippen LogP contribution in [0.15, 0.2) is 11.8 Å². The van der Waals surface area contributed by atoms with E-state index in [1.54, 1.807) is 0 Å². The maximum atomic E-state index is 5.23. The lowest BCUT2D eigenvalue weighted by molar-refractivity contribution is 0.0835. The minimum atomic E-state index is 0.657. The Labute approximate surface area is 62.8 Å². The normalized spacial score (nSPS) is 11.7. The van der Waals surface area contributed by atoms with Gasteiger partial charge in [-0.1, -0.05) is 6.08 Å². The van der Waals surface area contributed by atoms with Crippen LogP contribution in [-0.4, -0.2) is 19.8 Å². The van der Waals surface area contributed by atoms with Crippen molar-refractivity contribution in [3.63, 3.8) is 0 Å². The van der Waals surface area contributed by atoms with Gasteiger partial charge in [-0.15, -0.1) is 0 Å². The summed E-state index contributed by atoms with van der Waals surface area (Å²) >= 11 is 0. The van der Waals surface area contributed by atoms with Gasteiger partial charge in [-0.2, -0.15) is 0 Å². The zero-order chi connectivity index (χ0) is 7.82. The van der Waals surface area contributed by atoms with Gasteiger partial charge in [-0.3, -0.25) is 0 Å². The van der Waals surface area contributed by atoms with Crippen LogP contribution in [0.2, 0.25) is 0 Å². The molecule has 0 amide bonds. The Hall–Kier alpha value is -0.500. The molecular weight excluding hydrogens is 128 g/mol. The quantitative estimate of drug-likeness (QED) is 0.434. The van der Waals surface area contributed by atoms with Crippen LogP contribution in [0.4, 0.5) is 0 Å². The molecule has 0 spiro atoms. The first-order chi connectivity index (χ1) is 4.81. The second-order valence-electron chi connectivity index (χ2n) is 1.94. The molecule has 10 heavy (non-hydrogen) atoms. The van der Waals surface area contributed by atoms with E-state index in [1.165, 1.54) is 0 Å².